The van der Waals surface area contributed by atoms with Gasteiger partial charge in [-0.3, -0.25) is 4.79 Å². The lowest BCUT2D eigenvalue weighted by Gasteiger charge is -2.26. The number of ether oxygens (including phenoxy) is 1. The summed E-state index contributed by atoms with van der Waals surface area (Å²) in [5, 5.41) is 12.6. The number of carbonyl (C=O) groups is 2. The fourth-order valence-corrected chi connectivity index (χ4v) is 4.70. The fourth-order valence-electron chi connectivity index (χ4n) is 3.35. The summed E-state index contributed by atoms with van der Waals surface area (Å²) < 4.78 is 5.01. The first-order chi connectivity index (χ1) is 14.8. The Bertz CT molecular complexity index is 1130. The van der Waals surface area contributed by atoms with Crippen molar-refractivity contribution in [1.82, 2.24) is 5.32 Å². The molecule has 0 aromatic heterocycles. The molecule has 0 radical (unpaired) electrons. The highest BCUT2D eigenvalue weighted by Gasteiger charge is 2.28. The number of rotatable bonds is 6. The van der Waals surface area contributed by atoms with Gasteiger partial charge in [-0.15, -0.1) is 0 Å². The molecule has 6 heteroatoms. The van der Waals surface area contributed by atoms with E-state index in [1.165, 1.54) is 5.56 Å². The van der Waals surface area contributed by atoms with Crippen LogP contribution in [0, 0.1) is 11.3 Å². The number of nitriles is 1. The minimum absolute atomic E-state index is 0.00595. The smallest absolute Gasteiger partial charge is 0.333 e. The normalized spacial score (nSPS) is 13.5. The van der Waals surface area contributed by atoms with Crippen LogP contribution in [0.2, 0.25) is 0 Å². The van der Waals surface area contributed by atoms with Crippen LogP contribution in [0.25, 0.3) is 5.57 Å². The molecule has 1 amide bonds. The zero-order valence-electron chi connectivity index (χ0n) is 17.8. The SMILES string of the molecule is C=C(C)C(=O)OCCNC(=O)C(C#N)=C1c2ccccc2Sc2c1cccc2C(C)C. The lowest BCUT2D eigenvalue weighted by molar-refractivity contribution is -0.139. The Labute approximate surface area is 186 Å². The van der Waals surface area contributed by atoms with Gasteiger partial charge in [0.05, 0.1) is 6.54 Å². The second-order valence-corrected chi connectivity index (χ2v) is 8.56. The number of amides is 1. The molecule has 0 saturated carbocycles. The van der Waals surface area contributed by atoms with Crippen LogP contribution >= 0.6 is 11.8 Å². The van der Waals surface area contributed by atoms with Gasteiger partial charge in [-0.1, -0.05) is 68.6 Å². The molecule has 0 saturated heterocycles. The molecule has 0 unspecified atom stereocenters. The first kappa shape index (κ1) is 22.4. The average Bonchev–Trinajstić information content (AvgIpc) is 2.75. The first-order valence-corrected chi connectivity index (χ1v) is 10.8. The molecule has 0 spiro atoms. The second kappa shape index (κ2) is 9.67. The predicted octanol–water partition coefficient (Wildman–Crippen LogP) is 4.84. The number of nitrogens with one attached hydrogen (secondary N) is 1. The van der Waals surface area contributed by atoms with Crippen LogP contribution in [-0.4, -0.2) is 25.0 Å². The minimum Gasteiger partial charge on any atom is -0.460 e. The summed E-state index contributed by atoms with van der Waals surface area (Å²) in [6.07, 6.45) is 0. The van der Waals surface area contributed by atoms with E-state index in [9.17, 15) is 14.9 Å². The van der Waals surface area contributed by atoms with Gasteiger partial charge < -0.3 is 10.1 Å². The predicted molar refractivity (Wildman–Crippen MR) is 122 cm³/mol. The van der Waals surface area contributed by atoms with Crippen molar-refractivity contribution >= 4 is 29.2 Å². The van der Waals surface area contributed by atoms with Gasteiger partial charge in [0, 0.05) is 20.9 Å². The number of nitrogens with zero attached hydrogens (tertiary/aromatic N) is 1. The maximum absolute atomic E-state index is 12.9. The second-order valence-electron chi connectivity index (χ2n) is 7.51. The lowest BCUT2D eigenvalue weighted by Crippen LogP contribution is -2.30. The Morgan fingerprint density at radius 2 is 1.87 bits per heavy atom. The third kappa shape index (κ3) is 4.73. The van der Waals surface area contributed by atoms with Crippen LogP contribution < -0.4 is 5.32 Å². The summed E-state index contributed by atoms with van der Waals surface area (Å²) in [6.45, 7) is 9.44. The molecule has 1 N–H and O–H groups in total. The van der Waals surface area contributed by atoms with Crippen LogP contribution in [0.15, 0.2) is 70.0 Å². The van der Waals surface area contributed by atoms with E-state index in [-0.39, 0.29) is 18.7 Å². The highest BCUT2D eigenvalue weighted by molar-refractivity contribution is 7.99. The van der Waals surface area contributed by atoms with Gasteiger partial charge in [-0.05, 0) is 35.6 Å². The molecule has 5 nitrogen and oxygen atoms in total. The van der Waals surface area contributed by atoms with Gasteiger partial charge in [-0.25, -0.2) is 4.79 Å². The van der Waals surface area contributed by atoms with Gasteiger partial charge in [0.1, 0.15) is 18.2 Å². The summed E-state index contributed by atoms with van der Waals surface area (Å²) in [5.74, 6) is -0.704. The molecular formula is C25H24N2O3S. The van der Waals surface area contributed by atoms with E-state index in [0.29, 0.717) is 17.1 Å². The molecule has 2 aromatic carbocycles. The molecule has 158 valence electrons. The average molecular weight is 433 g/mol. The zero-order valence-corrected chi connectivity index (χ0v) is 18.6. The van der Waals surface area contributed by atoms with Crippen molar-refractivity contribution in [2.75, 3.05) is 13.2 Å². The Kier molecular flexibility index (Phi) is 6.98. The third-order valence-corrected chi connectivity index (χ3v) is 6.10. The van der Waals surface area contributed by atoms with E-state index in [4.69, 9.17) is 4.74 Å². The molecule has 2 aromatic rings. The molecule has 0 aliphatic carbocycles. The third-order valence-electron chi connectivity index (χ3n) is 4.86. The van der Waals surface area contributed by atoms with Crippen LogP contribution in [-0.2, 0) is 14.3 Å². The molecule has 3 rings (SSSR count). The topological polar surface area (TPSA) is 79.2 Å². The fraction of sp³-hybridized carbons (Fsp3) is 0.240. The Balaban J connectivity index is 2.00. The molecule has 0 bridgehead atoms. The molecule has 0 atom stereocenters. The van der Waals surface area contributed by atoms with E-state index in [0.717, 1.165) is 20.9 Å². The highest BCUT2D eigenvalue weighted by atomic mass is 32.2. The quantitative estimate of drug-likeness (QED) is 0.261. The van der Waals surface area contributed by atoms with Crippen molar-refractivity contribution in [2.45, 2.75) is 36.5 Å². The number of carbonyl (C=O) groups excluding carboxylic acids is 2. The maximum atomic E-state index is 12.9. The number of hydrogen-bond donors (Lipinski definition) is 1. The summed E-state index contributed by atoms with van der Waals surface area (Å²) in [7, 11) is 0. The summed E-state index contributed by atoms with van der Waals surface area (Å²) >= 11 is 1.67. The van der Waals surface area contributed by atoms with Crippen molar-refractivity contribution in [1.29, 1.82) is 5.26 Å². The van der Waals surface area contributed by atoms with Crippen LogP contribution in [0.4, 0.5) is 0 Å². The number of benzene rings is 2. The number of hydrogen-bond acceptors (Lipinski definition) is 5. The van der Waals surface area contributed by atoms with Crippen molar-refractivity contribution in [3.63, 3.8) is 0 Å². The molecular weight excluding hydrogens is 408 g/mol. The van der Waals surface area contributed by atoms with Crippen molar-refractivity contribution < 1.29 is 14.3 Å². The molecule has 1 heterocycles. The minimum atomic E-state index is -0.513. The van der Waals surface area contributed by atoms with E-state index in [1.807, 2.05) is 36.4 Å². The molecule has 1 aliphatic heterocycles. The first-order valence-electron chi connectivity index (χ1n) is 10.0. The van der Waals surface area contributed by atoms with Crippen LogP contribution in [0.1, 0.15) is 43.4 Å². The standard InChI is InChI=1S/C25H24N2O3S/c1-15(2)17-9-7-10-19-22(18-8-5-6-11-21(18)31-23(17)19)20(14-26)24(28)27-12-13-30-25(29)16(3)4/h5-11,15H,3,12-13H2,1-2,4H3,(H,27,28). The lowest BCUT2D eigenvalue weighted by atomic mass is 9.89. The highest BCUT2D eigenvalue weighted by Crippen LogP contribution is 2.49. The summed E-state index contributed by atoms with van der Waals surface area (Å²) in [5.41, 5.74) is 3.89. The van der Waals surface area contributed by atoms with Gasteiger partial charge in [0.2, 0.25) is 0 Å². The number of fused-ring (bicyclic) bond motifs is 2. The van der Waals surface area contributed by atoms with Crippen LogP contribution in [0.3, 0.4) is 0 Å². The van der Waals surface area contributed by atoms with Crippen LogP contribution in [0.5, 0.6) is 0 Å². The number of esters is 1. The molecule has 0 fully saturated rings. The van der Waals surface area contributed by atoms with Gasteiger partial charge in [0.15, 0.2) is 0 Å². The Hall–Kier alpha value is -3.30. The largest absolute Gasteiger partial charge is 0.460 e. The monoisotopic (exact) mass is 432 g/mol. The Morgan fingerprint density at radius 3 is 2.55 bits per heavy atom. The zero-order chi connectivity index (χ0) is 22.5. The maximum Gasteiger partial charge on any atom is 0.333 e. The van der Waals surface area contributed by atoms with Gasteiger partial charge in [-0.2, -0.15) is 5.26 Å². The van der Waals surface area contributed by atoms with E-state index >= 15 is 0 Å². The van der Waals surface area contributed by atoms with E-state index in [2.05, 4.69) is 37.9 Å². The van der Waals surface area contributed by atoms with E-state index < -0.39 is 11.9 Å². The van der Waals surface area contributed by atoms with Crippen molar-refractivity contribution in [2.24, 2.45) is 0 Å². The van der Waals surface area contributed by atoms with Gasteiger partial charge in [0.25, 0.3) is 5.91 Å². The van der Waals surface area contributed by atoms with Crippen molar-refractivity contribution in [3.05, 3.63) is 76.9 Å². The summed E-state index contributed by atoms with van der Waals surface area (Å²) in [6, 6.07) is 15.9. The molecule has 31 heavy (non-hydrogen) atoms. The van der Waals surface area contributed by atoms with E-state index in [1.54, 1.807) is 18.7 Å². The van der Waals surface area contributed by atoms with Gasteiger partial charge >= 0.3 is 5.97 Å². The van der Waals surface area contributed by atoms with Crippen molar-refractivity contribution in [3.8, 4) is 6.07 Å². The Morgan fingerprint density at radius 1 is 1.16 bits per heavy atom. The molecule has 1 aliphatic rings. The summed E-state index contributed by atoms with van der Waals surface area (Å²) in [4.78, 5) is 26.5.